The molecule has 1 heterocycles. The van der Waals surface area contributed by atoms with Gasteiger partial charge in [-0.15, -0.1) is 0 Å². The third-order valence-corrected chi connectivity index (χ3v) is 9.40. The molecule has 4 rings (SSSR count). The van der Waals surface area contributed by atoms with Gasteiger partial charge in [-0.25, -0.2) is 0 Å². The molecule has 1 saturated carbocycles. The fraction of sp³-hybridized carbons (Fsp3) is 0.615. The van der Waals surface area contributed by atoms with Crippen molar-refractivity contribution in [3.63, 3.8) is 0 Å². The number of anilines is 1. The first-order valence-electron chi connectivity index (χ1n) is 18.0. The normalized spacial score (nSPS) is 20.8. The molecule has 8 nitrogen and oxygen atoms in total. The lowest BCUT2D eigenvalue weighted by molar-refractivity contribution is -0.121. The van der Waals surface area contributed by atoms with E-state index in [0.717, 1.165) is 19.4 Å². The lowest BCUT2D eigenvalue weighted by Gasteiger charge is -2.49. The van der Waals surface area contributed by atoms with Gasteiger partial charge in [0.25, 0.3) is 0 Å². The first kappa shape index (κ1) is 45.6. The van der Waals surface area contributed by atoms with Gasteiger partial charge in [-0.05, 0) is 73.1 Å². The summed E-state index contributed by atoms with van der Waals surface area (Å²) >= 11 is 0. The standard InChI is InChI=1S/C32H47BN2O3.C3H3NO.C2H4F3N.C2H6/c1-23(2)22-35(7)27-15-11-14-26(20-27)16-17-30(36)34-29(21-25-12-9-8-10-13-25)33-37-28-18-19-31(4,5)24(3)32(28,6)38-33;4-2-1-3-5;3-2(4,5)1-6;1-2/h8-15,20,23-24,28-29H,16-19,21-22H2,1-7H3,(H,34,36);3H,1H2;1,6H2;1-2H3/t24-,28?,29?,32?;;;/m0.../s1. The fourth-order valence-corrected chi connectivity index (χ4v) is 6.32. The molecule has 2 aromatic carbocycles. The molecule has 51 heavy (non-hydrogen) atoms. The van der Waals surface area contributed by atoms with E-state index in [0.29, 0.717) is 37.4 Å². The van der Waals surface area contributed by atoms with E-state index in [-0.39, 0.29) is 35.4 Å². The third kappa shape index (κ3) is 15.4. The molecule has 0 bridgehead atoms. The molecule has 4 atom stereocenters. The Morgan fingerprint density at radius 3 is 2.27 bits per heavy atom. The minimum Gasteiger partial charge on any atom is -0.404 e. The molecular formula is C39H60BF3N4O4. The number of benzene rings is 2. The summed E-state index contributed by atoms with van der Waals surface area (Å²) in [7, 11) is 1.67. The zero-order chi connectivity index (χ0) is 38.8. The van der Waals surface area contributed by atoms with E-state index in [9.17, 15) is 22.8 Å². The van der Waals surface area contributed by atoms with Crippen LogP contribution >= 0.6 is 0 Å². The molecule has 2 fully saturated rings. The van der Waals surface area contributed by atoms with Crippen LogP contribution < -0.4 is 16.0 Å². The number of rotatable bonds is 11. The van der Waals surface area contributed by atoms with E-state index >= 15 is 0 Å². The second-order valence-corrected chi connectivity index (χ2v) is 14.2. The molecule has 1 amide bonds. The first-order valence-corrected chi connectivity index (χ1v) is 18.0. The van der Waals surface area contributed by atoms with Crippen LogP contribution in [0.4, 0.5) is 18.9 Å². The maximum absolute atomic E-state index is 13.3. The van der Waals surface area contributed by atoms with Crippen molar-refractivity contribution in [1.82, 2.24) is 5.32 Å². The summed E-state index contributed by atoms with van der Waals surface area (Å²) in [5.41, 5.74) is 7.56. The summed E-state index contributed by atoms with van der Waals surface area (Å²) in [5.74, 6) is 0.739. The van der Waals surface area contributed by atoms with Crippen LogP contribution in [0.1, 0.15) is 92.2 Å². The number of nitrogens with zero attached hydrogens (tertiary/aromatic N) is 2. The Hall–Kier alpha value is -3.40. The van der Waals surface area contributed by atoms with Crippen LogP contribution in [0.5, 0.6) is 0 Å². The predicted octanol–water partition coefficient (Wildman–Crippen LogP) is 7.73. The van der Waals surface area contributed by atoms with Crippen LogP contribution in [-0.4, -0.2) is 63.3 Å². The summed E-state index contributed by atoms with van der Waals surface area (Å²) < 4.78 is 45.3. The fourth-order valence-electron chi connectivity index (χ4n) is 6.32. The molecule has 3 unspecified atom stereocenters. The highest BCUT2D eigenvalue weighted by atomic mass is 19.4. The van der Waals surface area contributed by atoms with E-state index in [4.69, 9.17) is 14.6 Å². The van der Waals surface area contributed by atoms with Gasteiger partial charge in [0.15, 0.2) is 0 Å². The molecule has 1 aliphatic heterocycles. The van der Waals surface area contributed by atoms with Gasteiger partial charge in [-0.2, -0.15) is 18.4 Å². The van der Waals surface area contributed by atoms with Gasteiger partial charge in [-0.1, -0.05) is 90.9 Å². The van der Waals surface area contributed by atoms with E-state index in [2.05, 4.69) is 101 Å². The Bertz CT molecular complexity index is 1360. The van der Waals surface area contributed by atoms with Crippen LogP contribution in [0.15, 0.2) is 54.6 Å². The van der Waals surface area contributed by atoms with Crippen LogP contribution in [0.2, 0.25) is 0 Å². The van der Waals surface area contributed by atoms with Crippen molar-refractivity contribution < 1.29 is 32.1 Å². The highest BCUT2D eigenvalue weighted by Gasteiger charge is 2.59. The third-order valence-electron chi connectivity index (χ3n) is 9.40. The molecule has 1 aliphatic carbocycles. The molecule has 284 valence electrons. The molecule has 12 heteroatoms. The number of amides is 1. The van der Waals surface area contributed by atoms with Gasteiger partial charge in [0.1, 0.15) is 6.29 Å². The summed E-state index contributed by atoms with van der Waals surface area (Å²) in [6.07, 6.45) is 0.359. The van der Waals surface area contributed by atoms with Crippen molar-refractivity contribution in [2.45, 2.75) is 118 Å². The highest BCUT2D eigenvalue weighted by molar-refractivity contribution is 6.48. The van der Waals surface area contributed by atoms with Gasteiger partial charge < -0.3 is 30.1 Å². The van der Waals surface area contributed by atoms with Crippen LogP contribution in [-0.2, 0) is 31.7 Å². The van der Waals surface area contributed by atoms with Gasteiger partial charge in [0.05, 0.1) is 36.7 Å². The van der Waals surface area contributed by atoms with Gasteiger partial charge in [0, 0.05) is 25.7 Å². The zero-order valence-electron chi connectivity index (χ0n) is 32.1. The molecule has 0 spiro atoms. The Morgan fingerprint density at radius 2 is 1.75 bits per heavy atom. The van der Waals surface area contributed by atoms with E-state index < -0.39 is 19.8 Å². The van der Waals surface area contributed by atoms with Crippen molar-refractivity contribution in [1.29, 1.82) is 5.26 Å². The number of aryl methyl sites for hydroxylation is 1. The highest BCUT2D eigenvalue weighted by Crippen LogP contribution is 2.51. The van der Waals surface area contributed by atoms with Gasteiger partial charge in [-0.3, -0.25) is 4.79 Å². The number of carbonyl (C=O) groups is 2. The smallest absolute Gasteiger partial charge is 0.404 e. The molecule has 0 radical (unpaired) electrons. The van der Waals surface area contributed by atoms with Gasteiger partial charge in [0.2, 0.25) is 5.91 Å². The van der Waals surface area contributed by atoms with Crippen molar-refractivity contribution in [2.75, 3.05) is 25.0 Å². The van der Waals surface area contributed by atoms with Crippen molar-refractivity contribution in [2.24, 2.45) is 23.0 Å². The molecular weight excluding hydrogens is 656 g/mol. The number of nitriles is 1. The summed E-state index contributed by atoms with van der Waals surface area (Å²) in [6, 6.07) is 20.5. The Labute approximate surface area is 304 Å². The Morgan fingerprint density at radius 1 is 1.14 bits per heavy atom. The average Bonchev–Trinajstić information content (AvgIpc) is 3.45. The monoisotopic (exact) mass is 716 g/mol. The molecule has 0 aromatic heterocycles. The van der Waals surface area contributed by atoms with Crippen LogP contribution in [0.25, 0.3) is 0 Å². The SMILES string of the molecule is CC.CC(C)CN(C)c1cccc(CCC(=O)NC(Cc2ccccc2)B2OC3CCC(C)(C)[C@H](C)C3(C)O2)c1.N#CCC=O.NCC(F)(F)F. The minimum absolute atomic E-state index is 0.0139. The molecule has 2 aliphatic rings. The number of carbonyl (C=O) groups excluding carboxylic acids is 2. The van der Waals surface area contributed by atoms with E-state index in [1.807, 2.05) is 32.0 Å². The number of nitrogens with one attached hydrogen (secondary N) is 1. The topological polar surface area (TPSA) is 118 Å². The van der Waals surface area contributed by atoms with Crippen molar-refractivity contribution in [3.05, 3.63) is 65.7 Å². The Kier molecular flexibility index (Phi) is 19.5. The number of alkyl halides is 3. The van der Waals surface area contributed by atoms with Crippen LogP contribution in [0, 0.1) is 28.6 Å². The second-order valence-electron chi connectivity index (χ2n) is 14.2. The number of fused-ring (bicyclic) bond motifs is 1. The van der Waals surface area contributed by atoms with E-state index in [1.54, 1.807) is 6.07 Å². The number of nitrogens with two attached hydrogens (primary N) is 1. The number of hydrogen-bond acceptors (Lipinski definition) is 7. The number of halogens is 3. The zero-order valence-corrected chi connectivity index (χ0v) is 32.1. The summed E-state index contributed by atoms with van der Waals surface area (Å²) in [5, 5.41) is 10.9. The molecule has 1 saturated heterocycles. The average molecular weight is 717 g/mol. The molecule has 3 N–H and O–H groups in total. The number of hydrogen-bond donors (Lipinski definition) is 2. The first-order chi connectivity index (χ1) is 23.9. The van der Waals surface area contributed by atoms with Gasteiger partial charge >= 0.3 is 13.3 Å². The molecule has 2 aromatic rings. The maximum atomic E-state index is 13.3. The second kappa shape index (κ2) is 21.8. The Balaban J connectivity index is 0.000000860. The van der Waals surface area contributed by atoms with Crippen LogP contribution in [0.3, 0.4) is 0 Å². The predicted molar refractivity (Wildman–Crippen MR) is 200 cm³/mol. The summed E-state index contributed by atoms with van der Waals surface area (Å²) in [6.45, 7) is 17.4. The lowest BCUT2D eigenvalue weighted by atomic mass is 9.61. The van der Waals surface area contributed by atoms with Crippen molar-refractivity contribution >= 4 is 25.0 Å². The largest absolute Gasteiger partial charge is 0.482 e. The summed E-state index contributed by atoms with van der Waals surface area (Å²) in [4.78, 5) is 24.7. The quantitative estimate of drug-likeness (QED) is 0.181. The van der Waals surface area contributed by atoms with Crippen molar-refractivity contribution in [3.8, 4) is 6.07 Å². The maximum Gasteiger partial charge on any atom is 0.482 e. The van der Waals surface area contributed by atoms with E-state index in [1.165, 1.54) is 16.8 Å². The minimum atomic E-state index is -4.18. The lowest BCUT2D eigenvalue weighted by Crippen LogP contribution is -2.53. The number of aldehydes is 1.